The molecule has 0 aromatic rings. The molecule has 0 fully saturated rings. The minimum Gasteiger partial charge on any atom is -0.392 e. The van der Waals surface area contributed by atoms with Crippen LogP contribution in [0.15, 0.2) is 0 Å². The summed E-state index contributed by atoms with van der Waals surface area (Å²) in [5.41, 5.74) is 0. The predicted octanol–water partition coefficient (Wildman–Crippen LogP) is 1.44. The van der Waals surface area contributed by atoms with Crippen LogP contribution in [0.3, 0.4) is 0 Å². The van der Waals surface area contributed by atoms with Gasteiger partial charge in [0.15, 0.2) is 0 Å². The van der Waals surface area contributed by atoms with E-state index in [1.165, 1.54) is 12.2 Å². The molecule has 0 spiro atoms. The number of aliphatic hydroxyl groups is 1. The van der Waals surface area contributed by atoms with Crippen LogP contribution < -0.4 is 0 Å². The maximum absolute atomic E-state index is 9.15. The monoisotopic (exact) mass is 191 g/mol. The number of hydrogen-bond acceptors (Lipinski definition) is 3. The van der Waals surface area contributed by atoms with Gasteiger partial charge in [0.2, 0.25) is 0 Å². The molecule has 0 rings (SSSR count). The molecule has 0 amide bonds. The molecule has 3 heteroatoms. The lowest BCUT2D eigenvalue weighted by molar-refractivity contribution is 0.120. The lowest BCUT2D eigenvalue weighted by Gasteiger charge is -2.25. The van der Waals surface area contributed by atoms with Gasteiger partial charge in [0.25, 0.3) is 0 Å². The number of thioether (sulfide) groups is 1. The third-order valence-corrected chi connectivity index (χ3v) is 2.69. The van der Waals surface area contributed by atoms with Gasteiger partial charge in [-0.25, -0.2) is 0 Å². The summed E-state index contributed by atoms with van der Waals surface area (Å²) in [4.78, 5) is 2.21. The summed E-state index contributed by atoms with van der Waals surface area (Å²) < 4.78 is 0. The van der Waals surface area contributed by atoms with Crippen LogP contribution >= 0.6 is 11.8 Å². The van der Waals surface area contributed by atoms with Crippen molar-refractivity contribution in [2.24, 2.45) is 0 Å². The zero-order chi connectivity index (χ0) is 9.56. The van der Waals surface area contributed by atoms with Crippen molar-refractivity contribution in [3.63, 3.8) is 0 Å². The lowest BCUT2D eigenvalue weighted by atomic mass is 10.2. The second kappa shape index (κ2) is 6.75. The van der Waals surface area contributed by atoms with Gasteiger partial charge in [-0.1, -0.05) is 0 Å². The Morgan fingerprint density at radius 1 is 1.42 bits per heavy atom. The minimum atomic E-state index is -0.216. The van der Waals surface area contributed by atoms with Crippen molar-refractivity contribution in [3.05, 3.63) is 0 Å². The van der Waals surface area contributed by atoms with E-state index in [4.69, 9.17) is 5.11 Å². The number of hydrogen-bond donors (Lipinski definition) is 1. The van der Waals surface area contributed by atoms with E-state index < -0.39 is 0 Å². The highest BCUT2D eigenvalue weighted by molar-refractivity contribution is 7.98. The molecule has 1 N–H and O–H groups in total. The van der Waals surface area contributed by atoms with Gasteiger partial charge >= 0.3 is 0 Å². The van der Waals surface area contributed by atoms with Crippen molar-refractivity contribution in [3.8, 4) is 0 Å². The summed E-state index contributed by atoms with van der Waals surface area (Å²) in [5, 5.41) is 9.15. The van der Waals surface area contributed by atoms with E-state index in [1.807, 2.05) is 18.7 Å². The Morgan fingerprint density at radius 2 is 2.00 bits per heavy atom. The summed E-state index contributed by atoms with van der Waals surface area (Å²) in [5.74, 6) is 1.20. The van der Waals surface area contributed by atoms with Gasteiger partial charge in [0, 0.05) is 12.6 Å². The quantitative estimate of drug-likeness (QED) is 0.687. The number of likely N-dealkylation sites (N-methyl/N-ethyl adjacent to an activating group) is 1. The van der Waals surface area contributed by atoms with Crippen LogP contribution in [-0.2, 0) is 0 Å². The van der Waals surface area contributed by atoms with Crippen LogP contribution in [0.25, 0.3) is 0 Å². The van der Waals surface area contributed by atoms with E-state index >= 15 is 0 Å². The van der Waals surface area contributed by atoms with Gasteiger partial charge in [-0.05, 0) is 39.3 Å². The minimum absolute atomic E-state index is 0.216. The molecule has 0 aliphatic carbocycles. The molecular formula is C9H21NOS. The van der Waals surface area contributed by atoms with Crippen molar-refractivity contribution in [2.75, 3.05) is 25.6 Å². The zero-order valence-corrected chi connectivity index (χ0v) is 9.40. The van der Waals surface area contributed by atoms with Crippen molar-refractivity contribution < 1.29 is 5.11 Å². The van der Waals surface area contributed by atoms with Gasteiger partial charge in [-0.2, -0.15) is 11.8 Å². The van der Waals surface area contributed by atoms with E-state index in [-0.39, 0.29) is 6.10 Å². The van der Waals surface area contributed by atoms with Crippen molar-refractivity contribution in [2.45, 2.75) is 32.4 Å². The molecule has 0 aromatic carbocycles. The second-order valence-corrected chi connectivity index (χ2v) is 4.40. The Morgan fingerprint density at radius 3 is 2.42 bits per heavy atom. The maximum atomic E-state index is 9.15. The van der Waals surface area contributed by atoms with Crippen LogP contribution in [0, 0.1) is 0 Å². The lowest BCUT2D eigenvalue weighted by Crippen LogP contribution is -2.35. The summed E-state index contributed by atoms with van der Waals surface area (Å²) in [6.45, 7) is 4.81. The fraction of sp³-hybridized carbons (Fsp3) is 1.00. The highest BCUT2D eigenvalue weighted by atomic mass is 32.2. The Bertz CT molecular complexity index is 109. The van der Waals surface area contributed by atoms with Gasteiger partial charge in [-0.3, -0.25) is 0 Å². The predicted molar refractivity (Wildman–Crippen MR) is 56.8 cm³/mol. The molecule has 2 nitrogen and oxygen atoms in total. The molecule has 0 aliphatic heterocycles. The Kier molecular flexibility index (Phi) is 6.90. The maximum Gasteiger partial charge on any atom is 0.0639 e. The molecule has 0 saturated carbocycles. The first-order valence-corrected chi connectivity index (χ1v) is 5.84. The van der Waals surface area contributed by atoms with Crippen LogP contribution in [0.4, 0.5) is 0 Å². The molecule has 74 valence electrons. The summed E-state index contributed by atoms with van der Waals surface area (Å²) in [6, 6.07) is 0.576. The third kappa shape index (κ3) is 5.86. The van der Waals surface area contributed by atoms with Crippen LogP contribution in [0.1, 0.15) is 20.3 Å². The van der Waals surface area contributed by atoms with E-state index in [9.17, 15) is 0 Å². The normalized spacial score (nSPS) is 16.5. The summed E-state index contributed by atoms with van der Waals surface area (Å²) in [7, 11) is 2.07. The average molecular weight is 191 g/mol. The van der Waals surface area contributed by atoms with Gasteiger partial charge in [-0.15, -0.1) is 0 Å². The number of rotatable bonds is 6. The van der Waals surface area contributed by atoms with Crippen molar-refractivity contribution in [1.29, 1.82) is 0 Å². The van der Waals surface area contributed by atoms with Crippen molar-refractivity contribution in [1.82, 2.24) is 4.90 Å². The standard InChI is InChI=1S/C9H21NOS/c1-8(5-6-12-4)10(3)7-9(2)11/h8-9,11H,5-7H2,1-4H3/t8?,9-/m0/s1. The Balaban J connectivity index is 3.53. The van der Waals surface area contributed by atoms with Gasteiger partial charge in [0.1, 0.15) is 0 Å². The molecule has 0 aliphatic rings. The molecular weight excluding hydrogens is 170 g/mol. The SMILES string of the molecule is CSCCC(C)N(C)C[C@H](C)O. The van der Waals surface area contributed by atoms with Crippen LogP contribution in [0.5, 0.6) is 0 Å². The topological polar surface area (TPSA) is 23.5 Å². The summed E-state index contributed by atoms with van der Waals surface area (Å²) in [6.07, 6.45) is 3.11. The van der Waals surface area contributed by atoms with E-state index in [1.54, 1.807) is 0 Å². The number of aliphatic hydroxyl groups excluding tert-OH is 1. The second-order valence-electron chi connectivity index (χ2n) is 3.42. The first kappa shape index (κ1) is 12.3. The molecule has 2 atom stereocenters. The van der Waals surface area contributed by atoms with Crippen LogP contribution in [-0.4, -0.2) is 47.8 Å². The van der Waals surface area contributed by atoms with Gasteiger partial charge in [0.05, 0.1) is 6.10 Å². The van der Waals surface area contributed by atoms with Crippen molar-refractivity contribution >= 4 is 11.8 Å². The highest BCUT2D eigenvalue weighted by Gasteiger charge is 2.09. The molecule has 0 heterocycles. The molecule has 0 saturated heterocycles. The summed E-state index contributed by atoms with van der Waals surface area (Å²) >= 11 is 1.88. The zero-order valence-electron chi connectivity index (χ0n) is 8.58. The molecule has 0 radical (unpaired) electrons. The Labute approximate surface area is 80.3 Å². The number of nitrogens with zero attached hydrogens (tertiary/aromatic N) is 1. The van der Waals surface area contributed by atoms with Crippen LogP contribution in [0.2, 0.25) is 0 Å². The van der Waals surface area contributed by atoms with E-state index in [0.717, 1.165) is 6.54 Å². The van der Waals surface area contributed by atoms with E-state index in [2.05, 4.69) is 25.1 Å². The fourth-order valence-corrected chi connectivity index (χ4v) is 1.68. The molecule has 0 bridgehead atoms. The smallest absolute Gasteiger partial charge is 0.0639 e. The third-order valence-electron chi connectivity index (χ3n) is 2.04. The first-order chi connectivity index (χ1) is 5.57. The average Bonchev–Trinajstić information content (AvgIpc) is 1.98. The fourth-order valence-electron chi connectivity index (χ4n) is 1.11. The highest BCUT2D eigenvalue weighted by Crippen LogP contribution is 2.06. The molecule has 1 unspecified atom stereocenters. The van der Waals surface area contributed by atoms with Gasteiger partial charge < -0.3 is 10.0 Å². The molecule has 0 aromatic heterocycles. The van der Waals surface area contributed by atoms with E-state index in [0.29, 0.717) is 6.04 Å². The Hall–Kier alpha value is 0.270. The largest absolute Gasteiger partial charge is 0.392 e. The first-order valence-electron chi connectivity index (χ1n) is 4.45. The molecule has 12 heavy (non-hydrogen) atoms.